The van der Waals surface area contributed by atoms with Crippen LogP contribution in [0.3, 0.4) is 0 Å². The number of aliphatic hydroxyl groups excluding tert-OH is 1. The van der Waals surface area contributed by atoms with Gasteiger partial charge in [-0.25, -0.2) is 0 Å². The Hall–Kier alpha value is -1.08. The maximum atomic E-state index is 8.47. The molecule has 13 heavy (non-hydrogen) atoms. The van der Waals surface area contributed by atoms with Gasteiger partial charge in [-0.2, -0.15) is 0 Å². The third-order valence-electron chi connectivity index (χ3n) is 0.777. The minimum atomic E-state index is 0.0372. The van der Waals surface area contributed by atoms with Crippen molar-refractivity contribution < 1.29 is 5.11 Å². The van der Waals surface area contributed by atoms with Gasteiger partial charge < -0.3 is 5.11 Å². The summed E-state index contributed by atoms with van der Waals surface area (Å²) in [4.78, 5) is 0. The Morgan fingerprint density at radius 1 is 1.23 bits per heavy atom. The molecule has 0 aliphatic rings. The fourth-order valence-corrected chi connectivity index (χ4v) is 0.337. The summed E-state index contributed by atoms with van der Waals surface area (Å²) in [5, 5.41) is 8.47. The molecule has 0 unspecified atom stereocenters. The molecule has 0 aromatic rings. The summed E-state index contributed by atoms with van der Waals surface area (Å²) in [5.41, 5.74) is 0.792. The van der Waals surface area contributed by atoms with E-state index in [4.69, 9.17) is 5.11 Å². The quantitative estimate of drug-likeness (QED) is 0.523. The fraction of sp³-hybridized carbons (Fsp3) is 0.333. The topological polar surface area (TPSA) is 20.2 Å². The van der Waals surface area contributed by atoms with E-state index in [2.05, 4.69) is 19.7 Å². The molecule has 0 radical (unpaired) electrons. The van der Waals surface area contributed by atoms with E-state index >= 15 is 0 Å². The van der Waals surface area contributed by atoms with Crippen LogP contribution in [0.15, 0.2) is 49.6 Å². The maximum absolute atomic E-state index is 8.47. The van der Waals surface area contributed by atoms with Gasteiger partial charge in [-0.3, -0.25) is 0 Å². The van der Waals surface area contributed by atoms with Gasteiger partial charge in [-0.05, 0) is 12.5 Å². The van der Waals surface area contributed by atoms with Crippen molar-refractivity contribution in [1.82, 2.24) is 0 Å². The van der Waals surface area contributed by atoms with Gasteiger partial charge in [0, 0.05) is 0 Å². The summed E-state index contributed by atoms with van der Waals surface area (Å²) < 4.78 is 0. The number of aliphatic hydroxyl groups is 1. The molecule has 0 saturated heterocycles. The molecule has 1 N–H and O–H groups in total. The minimum absolute atomic E-state index is 0.0372. The van der Waals surface area contributed by atoms with Crippen molar-refractivity contribution in [2.45, 2.75) is 20.8 Å². The lowest BCUT2D eigenvalue weighted by atomic mass is 10.2. The van der Waals surface area contributed by atoms with E-state index in [1.54, 1.807) is 24.3 Å². The molecule has 0 aromatic heterocycles. The van der Waals surface area contributed by atoms with Crippen molar-refractivity contribution in [3.05, 3.63) is 49.6 Å². The van der Waals surface area contributed by atoms with E-state index in [9.17, 15) is 0 Å². The van der Waals surface area contributed by atoms with Gasteiger partial charge in [0.2, 0.25) is 0 Å². The van der Waals surface area contributed by atoms with Crippen molar-refractivity contribution in [1.29, 1.82) is 0 Å². The summed E-state index contributed by atoms with van der Waals surface area (Å²) >= 11 is 0. The molecule has 0 bridgehead atoms. The van der Waals surface area contributed by atoms with Crippen LogP contribution in [-0.2, 0) is 0 Å². The Kier molecular flexibility index (Phi) is 30.8. The Morgan fingerprint density at radius 3 is 1.69 bits per heavy atom. The van der Waals surface area contributed by atoms with Crippen LogP contribution >= 0.6 is 0 Å². The first-order valence-corrected chi connectivity index (χ1v) is 4.38. The summed E-state index contributed by atoms with van der Waals surface area (Å²) in [6.45, 7) is 16.2. The first-order valence-electron chi connectivity index (χ1n) is 4.38. The van der Waals surface area contributed by atoms with Gasteiger partial charge in [-0.1, -0.05) is 51.3 Å². The van der Waals surface area contributed by atoms with Gasteiger partial charge in [0.05, 0.1) is 6.61 Å². The summed E-state index contributed by atoms with van der Waals surface area (Å²) in [6, 6.07) is 0. The third kappa shape index (κ3) is 24.8. The molecule has 0 amide bonds. The van der Waals surface area contributed by atoms with Crippen LogP contribution in [0.25, 0.3) is 0 Å². The standard InChI is InChI=1S/C7H10O.C3H6.C2H6/c1-3-5-7(4-2)6-8;1-3-2;1-2/h3-5,8H,1-2,6H2;3H,1H2,2H3;1-2H3/b7-5+;;. The molecule has 76 valence electrons. The maximum Gasteiger partial charge on any atom is 0.0681 e. The van der Waals surface area contributed by atoms with E-state index in [0.717, 1.165) is 5.57 Å². The third-order valence-corrected chi connectivity index (χ3v) is 0.777. The van der Waals surface area contributed by atoms with Crippen molar-refractivity contribution >= 4 is 0 Å². The van der Waals surface area contributed by atoms with E-state index in [0.29, 0.717) is 0 Å². The highest BCUT2D eigenvalue weighted by Gasteiger charge is 1.80. The average molecular weight is 182 g/mol. The largest absolute Gasteiger partial charge is 0.392 e. The monoisotopic (exact) mass is 182 g/mol. The van der Waals surface area contributed by atoms with Crippen LogP contribution in [0.2, 0.25) is 0 Å². The number of rotatable bonds is 3. The zero-order chi connectivity index (χ0) is 11.1. The van der Waals surface area contributed by atoms with Gasteiger partial charge in [0.1, 0.15) is 0 Å². The molecule has 1 heteroatoms. The van der Waals surface area contributed by atoms with Crippen LogP contribution in [0.4, 0.5) is 0 Å². The highest BCUT2D eigenvalue weighted by atomic mass is 16.3. The van der Waals surface area contributed by atoms with Crippen LogP contribution < -0.4 is 0 Å². The normalized spacial score (nSPS) is 8.15. The first-order chi connectivity index (χ1) is 6.26. The molecular weight excluding hydrogens is 160 g/mol. The zero-order valence-corrected chi connectivity index (χ0v) is 9.09. The molecule has 0 aliphatic carbocycles. The molecule has 0 atom stereocenters. The summed E-state index contributed by atoms with van der Waals surface area (Å²) in [6.07, 6.45) is 6.68. The highest BCUT2D eigenvalue weighted by Crippen LogP contribution is 1.91. The molecular formula is C12H22O. The van der Waals surface area contributed by atoms with E-state index in [1.807, 2.05) is 20.8 Å². The Balaban J connectivity index is -0.000000169. The smallest absolute Gasteiger partial charge is 0.0681 e. The minimum Gasteiger partial charge on any atom is -0.392 e. The zero-order valence-electron chi connectivity index (χ0n) is 9.09. The molecule has 0 fully saturated rings. The van der Waals surface area contributed by atoms with Crippen molar-refractivity contribution in [2.75, 3.05) is 6.61 Å². The Morgan fingerprint density at radius 2 is 1.62 bits per heavy atom. The second kappa shape index (κ2) is 22.4. The predicted octanol–water partition coefficient (Wildman–Crippen LogP) is 3.50. The predicted molar refractivity (Wildman–Crippen MR) is 62.8 cm³/mol. The van der Waals surface area contributed by atoms with Crippen LogP contribution in [-0.4, -0.2) is 11.7 Å². The first kappa shape index (κ1) is 17.9. The van der Waals surface area contributed by atoms with Crippen LogP contribution in [0.5, 0.6) is 0 Å². The van der Waals surface area contributed by atoms with Gasteiger partial charge in [0.25, 0.3) is 0 Å². The molecule has 0 aromatic carbocycles. The Labute approximate surface area is 82.8 Å². The van der Waals surface area contributed by atoms with Crippen molar-refractivity contribution in [2.24, 2.45) is 0 Å². The van der Waals surface area contributed by atoms with E-state index < -0.39 is 0 Å². The second-order valence-corrected chi connectivity index (χ2v) is 1.75. The summed E-state index contributed by atoms with van der Waals surface area (Å²) in [5.74, 6) is 0. The van der Waals surface area contributed by atoms with Crippen molar-refractivity contribution in [3.8, 4) is 0 Å². The molecule has 0 saturated carbocycles. The van der Waals surface area contributed by atoms with Gasteiger partial charge >= 0.3 is 0 Å². The number of allylic oxidation sites excluding steroid dienone is 3. The lowest BCUT2D eigenvalue weighted by Gasteiger charge is -1.88. The van der Waals surface area contributed by atoms with Gasteiger partial charge in [-0.15, -0.1) is 6.58 Å². The molecule has 0 heterocycles. The highest BCUT2D eigenvalue weighted by molar-refractivity contribution is 5.20. The van der Waals surface area contributed by atoms with E-state index in [1.165, 1.54) is 0 Å². The Bertz CT molecular complexity index is 143. The van der Waals surface area contributed by atoms with Crippen LogP contribution in [0, 0.1) is 0 Å². The second-order valence-electron chi connectivity index (χ2n) is 1.75. The fourth-order valence-electron chi connectivity index (χ4n) is 0.337. The number of hydrogen-bond donors (Lipinski definition) is 1. The molecule has 1 nitrogen and oxygen atoms in total. The molecule has 0 rings (SSSR count). The van der Waals surface area contributed by atoms with Crippen LogP contribution in [0.1, 0.15) is 20.8 Å². The average Bonchev–Trinajstić information content (AvgIpc) is 2.18. The van der Waals surface area contributed by atoms with Gasteiger partial charge in [0.15, 0.2) is 0 Å². The lowest BCUT2D eigenvalue weighted by molar-refractivity contribution is 0.335. The van der Waals surface area contributed by atoms with E-state index in [-0.39, 0.29) is 6.61 Å². The molecule has 0 spiro atoms. The SMILES string of the molecule is C=C/C=C(\C=C)CO.C=CC.CC. The lowest BCUT2D eigenvalue weighted by Crippen LogP contribution is -1.82. The molecule has 0 aliphatic heterocycles. The number of hydrogen-bond acceptors (Lipinski definition) is 1. The summed E-state index contributed by atoms with van der Waals surface area (Å²) in [7, 11) is 0. The van der Waals surface area contributed by atoms with Crippen molar-refractivity contribution in [3.63, 3.8) is 0 Å².